The second kappa shape index (κ2) is 9.95. The Morgan fingerprint density at radius 3 is 1.89 bits per heavy atom. The molecule has 198 valence electrons. The molecule has 3 fully saturated rings. The maximum absolute atomic E-state index is 12.5. The monoisotopic (exact) mass is 532 g/mol. The van der Waals surface area contributed by atoms with Crippen molar-refractivity contribution < 1.29 is 27.8 Å². The molecule has 1 aliphatic heterocycles. The molecule has 0 bridgehead atoms. The molecule has 5 atom stereocenters. The highest BCUT2D eigenvalue weighted by Gasteiger charge is 2.52. The van der Waals surface area contributed by atoms with Gasteiger partial charge in [0.25, 0.3) is 0 Å². The molecule has 3 aliphatic rings. The van der Waals surface area contributed by atoms with Crippen LogP contribution in [0.1, 0.15) is 73.3 Å². The molecule has 2 aliphatic carbocycles. The van der Waals surface area contributed by atoms with Crippen molar-refractivity contribution in [1.29, 1.82) is 0 Å². The third-order valence-electron chi connectivity index (χ3n) is 8.19. The maximum Gasteiger partial charge on any atom is 0.310 e. The Balaban J connectivity index is 1.19. The Morgan fingerprint density at radius 1 is 0.842 bits per heavy atom. The molecule has 6 nitrogen and oxygen atoms in total. The average Bonchev–Trinajstić information content (AvgIpc) is 3.65. The highest BCUT2D eigenvalue weighted by atomic mass is 32.2. The van der Waals surface area contributed by atoms with Crippen molar-refractivity contribution in [3.63, 3.8) is 0 Å². The van der Waals surface area contributed by atoms with Crippen molar-refractivity contribution in [3.05, 3.63) is 102 Å². The molecule has 0 radical (unpaired) electrons. The lowest BCUT2D eigenvalue weighted by Crippen LogP contribution is -2.27. The van der Waals surface area contributed by atoms with Crippen molar-refractivity contribution in [2.75, 3.05) is 0 Å². The number of sulfone groups is 1. The second-order valence-electron chi connectivity index (χ2n) is 10.9. The van der Waals surface area contributed by atoms with Crippen LogP contribution in [0.2, 0.25) is 0 Å². The number of carboxylic acids is 1. The Kier molecular flexibility index (Phi) is 6.62. The van der Waals surface area contributed by atoms with E-state index in [9.17, 15) is 18.3 Å². The van der Waals surface area contributed by atoms with E-state index >= 15 is 0 Å². The van der Waals surface area contributed by atoms with E-state index in [0.717, 1.165) is 17.5 Å². The van der Waals surface area contributed by atoms with Crippen molar-refractivity contribution in [1.82, 2.24) is 0 Å². The highest BCUT2D eigenvalue weighted by molar-refractivity contribution is 7.92. The van der Waals surface area contributed by atoms with Gasteiger partial charge in [-0.3, -0.25) is 4.79 Å². The molecule has 1 spiro atoms. The first-order chi connectivity index (χ1) is 18.3. The third kappa shape index (κ3) is 4.91. The Morgan fingerprint density at radius 2 is 1.39 bits per heavy atom. The van der Waals surface area contributed by atoms with Crippen LogP contribution >= 0.6 is 0 Å². The van der Waals surface area contributed by atoms with Crippen molar-refractivity contribution in [2.45, 2.75) is 72.6 Å². The number of hydrogen-bond acceptors (Lipinski definition) is 5. The first-order valence-corrected chi connectivity index (χ1v) is 14.9. The fraction of sp³-hybridized carbons (Fsp3) is 0.387. The zero-order valence-corrected chi connectivity index (χ0v) is 21.9. The molecule has 6 rings (SSSR count). The van der Waals surface area contributed by atoms with Gasteiger partial charge >= 0.3 is 5.97 Å². The lowest BCUT2D eigenvalue weighted by atomic mass is 9.88. The van der Waals surface area contributed by atoms with E-state index in [1.165, 1.54) is 0 Å². The molecule has 0 aromatic heterocycles. The van der Waals surface area contributed by atoms with Gasteiger partial charge in [0.1, 0.15) is 12.2 Å². The van der Waals surface area contributed by atoms with Crippen LogP contribution in [0.25, 0.3) is 0 Å². The minimum atomic E-state index is -3.30. The minimum Gasteiger partial charge on any atom is -0.481 e. The topological polar surface area (TPSA) is 89.9 Å². The van der Waals surface area contributed by atoms with Gasteiger partial charge in [-0.2, -0.15) is 0 Å². The summed E-state index contributed by atoms with van der Waals surface area (Å²) in [6.07, 6.45) is 3.50. The molecule has 1 N–H and O–H groups in total. The molecule has 1 heterocycles. The van der Waals surface area contributed by atoms with Crippen LogP contribution in [0.3, 0.4) is 0 Å². The number of aliphatic carboxylic acids is 1. The van der Waals surface area contributed by atoms with Gasteiger partial charge in [0.05, 0.1) is 16.1 Å². The normalized spacial score (nSPS) is 27.9. The van der Waals surface area contributed by atoms with Crippen LogP contribution < -0.4 is 0 Å². The standard InChI is InChI=1S/C31H32O6S/c32-30(33)27(22-11-13-25(14-12-22)38(34,35)26-15-16-26)19-21-17-18-31(20-21)36-28(23-7-3-1-4-8-23)29(37-31)24-9-5-2-6-10-24/h1-14,21,26-29H,15-20H2,(H,32,33)/t21?,27?,28-,29?,31?/m1/s1. The molecule has 3 aromatic carbocycles. The predicted molar refractivity (Wildman–Crippen MR) is 142 cm³/mol. The van der Waals surface area contributed by atoms with Gasteiger partial charge in [0, 0.05) is 12.8 Å². The lowest BCUT2D eigenvalue weighted by molar-refractivity contribution is -0.173. The number of ether oxygens (including phenoxy) is 2. The van der Waals surface area contributed by atoms with E-state index in [-0.39, 0.29) is 28.3 Å². The zero-order valence-electron chi connectivity index (χ0n) is 21.1. The predicted octanol–water partition coefficient (Wildman–Crippen LogP) is 6.21. The number of benzene rings is 3. The molecular weight excluding hydrogens is 500 g/mol. The van der Waals surface area contributed by atoms with Crippen LogP contribution in [-0.4, -0.2) is 30.5 Å². The van der Waals surface area contributed by atoms with Gasteiger partial charge in [-0.15, -0.1) is 0 Å². The number of carboxylic acid groups (broad SMARTS) is 1. The van der Waals surface area contributed by atoms with Crippen LogP contribution in [0, 0.1) is 5.92 Å². The molecule has 38 heavy (non-hydrogen) atoms. The highest BCUT2D eigenvalue weighted by Crippen LogP contribution is 2.55. The number of rotatable bonds is 8. The van der Waals surface area contributed by atoms with Crippen LogP contribution in [0.5, 0.6) is 0 Å². The van der Waals surface area contributed by atoms with Gasteiger partial charge in [0.15, 0.2) is 15.6 Å². The second-order valence-corrected chi connectivity index (χ2v) is 13.1. The fourth-order valence-electron chi connectivity index (χ4n) is 6.04. The van der Waals surface area contributed by atoms with E-state index < -0.39 is 27.5 Å². The van der Waals surface area contributed by atoms with Crippen molar-refractivity contribution in [3.8, 4) is 0 Å². The van der Waals surface area contributed by atoms with Crippen LogP contribution in [0.15, 0.2) is 89.8 Å². The van der Waals surface area contributed by atoms with Crippen LogP contribution in [0.4, 0.5) is 0 Å². The van der Waals surface area contributed by atoms with E-state index in [0.29, 0.717) is 37.7 Å². The number of hydrogen-bond donors (Lipinski definition) is 1. The lowest BCUT2D eigenvalue weighted by Gasteiger charge is -2.24. The maximum atomic E-state index is 12.5. The zero-order chi connectivity index (χ0) is 26.3. The van der Waals surface area contributed by atoms with Gasteiger partial charge in [-0.1, -0.05) is 72.8 Å². The average molecular weight is 533 g/mol. The SMILES string of the molecule is O=C(O)C(CC1CCC2(C1)OC(c1ccccc1)[C@@H](c1ccccc1)O2)c1ccc(S(=O)(=O)C2CC2)cc1. The van der Waals surface area contributed by atoms with Gasteiger partial charge < -0.3 is 14.6 Å². The first kappa shape index (κ1) is 25.3. The summed E-state index contributed by atoms with van der Waals surface area (Å²) >= 11 is 0. The summed E-state index contributed by atoms with van der Waals surface area (Å²) in [4.78, 5) is 12.6. The molecule has 1 saturated heterocycles. The Hall–Kier alpha value is -3.00. The summed E-state index contributed by atoms with van der Waals surface area (Å²) in [5, 5.41) is 9.78. The van der Waals surface area contributed by atoms with E-state index in [1.807, 2.05) is 36.4 Å². The van der Waals surface area contributed by atoms with Crippen molar-refractivity contribution >= 4 is 15.8 Å². The Bertz CT molecular complexity index is 1340. The largest absolute Gasteiger partial charge is 0.481 e. The molecule has 4 unspecified atom stereocenters. The first-order valence-electron chi connectivity index (χ1n) is 13.4. The van der Waals surface area contributed by atoms with E-state index in [4.69, 9.17) is 9.47 Å². The summed E-state index contributed by atoms with van der Waals surface area (Å²) in [5.41, 5.74) is 2.75. The smallest absolute Gasteiger partial charge is 0.310 e. The third-order valence-corrected chi connectivity index (χ3v) is 10.5. The summed E-state index contributed by atoms with van der Waals surface area (Å²) in [5.74, 6) is -2.26. The fourth-order valence-corrected chi connectivity index (χ4v) is 7.70. The molecule has 0 amide bonds. The van der Waals surface area contributed by atoms with E-state index in [1.54, 1.807) is 24.3 Å². The minimum absolute atomic E-state index is 0.108. The summed E-state index contributed by atoms with van der Waals surface area (Å²) in [6.45, 7) is 0. The summed E-state index contributed by atoms with van der Waals surface area (Å²) < 4.78 is 38.5. The summed E-state index contributed by atoms with van der Waals surface area (Å²) in [6, 6.07) is 26.7. The van der Waals surface area contributed by atoms with E-state index in [2.05, 4.69) is 24.3 Å². The number of carbonyl (C=O) groups is 1. The quantitative estimate of drug-likeness (QED) is 0.371. The van der Waals surface area contributed by atoms with Crippen LogP contribution in [-0.2, 0) is 24.1 Å². The molecule has 3 aromatic rings. The Labute approximate surface area is 223 Å². The van der Waals surface area contributed by atoms with Gasteiger partial charge in [-0.25, -0.2) is 8.42 Å². The molecule has 2 saturated carbocycles. The van der Waals surface area contributed by atoms with Crippen molar-refractivity contribution in [2.24, 2.45) is 5.92 Å². The van der Waals surface area contributed by atoms with Gasteiger partial charge in [0.2, 0.25) is 0 Å². The molecular formula is C31H32O6S. The van der Waals surface area contributed by atoms with Gasteiger partial charge in [-0.05, 0) is 60.4 Å². The summed E-state index contributed by atoms with van der Waals surface area (Å²) in [7, 11) is -3.30. The molecule has 7 heteroatoms.